The Labute approximate surface area is 111 Å². The number of aromatic nitrogens is 2. The summed E-state index contributed by atoms with van der Waals surface area (Å²) in [6, 6.07) is 1.17. The summed E-state index contributed by atoms with van der Waals surface area (Å²) >= 11 is 0. The van der Waals surface area contributed by atoms with Gasteiger partial charge in [-0.3, -0.25) is 4.98 Å². The van der Waals surface area contributed by atoms with E-state index in [2.05, 4.69) is 20.0 Å². The molecule has 0 aliphatic rings. The maximum atomic E-state index is 13.4. The zero-order valence-corrected chi connectivity index (χ0v) is 10.2. The first-order chi connectivity index (χ1) is 9.51. The minimum Gasteiger partial charge on any atom is -0.464 e. The van der Waals surface area contributed by atoms with Gasteiger partial charge in [0.25, 0.3) is 0 Å². The summed E-state index contributed by atoms with van der Waals surface area (Å²) in [6.45, 7) is 0. The van der Waals surface area contributed by atoms with Crippen LogP contribution in [0.5, 0.6) is 0 Å². The van der Waals surface area contributed by atoms with E-state index in [0.29, 0.717) is 6.07 Å². The van der Waals surface area contributed by atoms with Gasteiger partial charge in [-0.05, 0) is 0 Å². The molecule has 0 spiro atoms. The van der Waals surface area contributed by atoms with Crippen molar-refractivity contribution in [2.75, 3.05) is 12.4 Å². The third-order valence-corrected chi connectivity index (χ3v) is 2.28. The quantitative estimate of drug-likeness (QED) is 0.692. The van der Waals surface area contributed by atoms with Crippen molar-refractivity contribution in [2.45, 2.75) is 0 Å². The first-order valence-corrected chi connectivity index (χ1v) is 5.33. The fourth-order valence-electron chi connectivity index (χ4n) is 1.41. The summed E-state index contributed by atoms with van der Waals surface area (Å²) in [5.74, 6) is -4.37. The van der Waals surface area contributed by atoms with Gasteiger partial charge in [-0.1, -0.05) is 0 Å². The number of esters is 1. The van der Waals surface area contributed by atoms with E-state index in [0.717, 1.165) is 25.6 Å². The third kappa shape index (κ3) is 2.85. The molecule has 0 atom stereocenters. The molecular weight excluding hydrogens is 275 g/mol. The van der Waals surface area contributed by atoms with Gasteiger partial charge < -0.3 is 10.1 Å². The highest BCUT2D eigenvalue weighted by Crippen LogP contribution is 2.22. The standard InChI is InChI=1S/C12H8F3N3O2/c1-20-12(19)9-4-16-5-10(18-9)17-8-3-6(13)2-7(14)11(8)15/h2-5H,1H3,(H,17,18). The van der Waals surface area contributed by atoms with Crippen LogP contribution in [-0.4, -0.2) is 23.0 Å². The Morgan fingerprint density at radius 3 is 2.70 bits per heavy atom. The third-order valence-electron chi connectivity index (χ3n) is 2.28. The van der Waals surface area contributed by atoms with E-state index in [1.807, 2.05) is 0 Å². The molecule has 0 fully saturated rings. The van der Waals surface area contributed by atoms with Crippen LogP contribution in [0.15, 0.2) is 24.5 Å². The molecule has 5 nitrogen and oxygen atoms in total. The van der Waals surface area contributed by atoms with Crippen molar-refractivity contribution in [1.29, 1.82) is 0 Å². The lowest BCUT2D eigenvalue weighted by atomic mass is 10.3. The molecule has 8 heteroatoms. The minimum atomic E-state index is -1.34. The number of halogens is 3. The molecule has 2 rings (SSSR count). The van der Waals surface area contributed by atoms with Crippen molar-refractivity contribution in [3.63, 3.8) is 0 Å². The largest absolute Gasteiger partial charge is 0.464 e. The maximum absolute atomic E-state index is 13.4. The highest BCUT2D eigenvalue weighted by atomic mass is 19.2. The molecule has 104 valence electrons. The zero-order chi connectivity index (χ0) is 14.7. The number of carbonyl (C=O) groups excluding carboxylic acids is 1. The Balaban J connectivity index is 2.33. The number of nitrogens with one attached hydrogen (secondary N) is 1. The molecule has 0 unspecified atom stereocenters. The molecular formula is C12H8F3N3O2. The van der Waals surface area contributed by atoms with E-state index in [9.17, 15) is 18.0 Å². The Morgan fingerprint density at radius 2 is 2.00 bits per heavy atom. The van der Waals surface area contributed by atoms with Gasteiger partial charge in [0.2, 0.25) is 0 Å². The smallest absolute Gasteiger partial charge is 0.358 e. The number of carbonyl (C=O) groups is 1. The fourth-order valence-corrected chi connectivity index (χ4v) is 1.41. The average molecular weight is 283 g/mol. The second-order valence-corrected chi connectivity index (χ2v) is 3.66. The SMILES string of the molecule is COC(=O)c1cncc(Nc2cc(F)cc(F)c2F)n1. The van der Waals surface area contributed by atoms with Crippen molar-refractivity contribution < 1.29 is 22.7 Å². The zero-order valence-electron chi connectivity index (χ0n) is 10.2. The molecule has 1 aromatic carbocycles. The number of hydrogen-bond donors (Lipinski definition) is 1. The van der Waals surface area contributed by atoms with Gasteiger partial charge in [0.1, 0.15) is 11.6 Å². The van der Waals surface area contributed by atoms with Gasteiger partial charge in [0.05, 0.1) is 25.2 Å². The Hall–Kier alpha value is -2.64. The number of hydrogen-bond acceptors (Lipinski definition) is 5. The number of ether oxygens (including phenoxy) is 1. The van der Waals surface area contributed by atoms with Crippen LogP contribution in [0.4, 0.5) is 24.7 Å². The number of methoxy groups -OCH3 is 1. The van der Waals surface area contributed by atoms with Crippen LogP contribution in [0, 0.1) is 17.5 Å². The second-order valence-electron chi connectivity index (χ2n) is 3.66. The molecule has 0 aliphatic heterocycles. The molecule has 2 aromatic rings. The molecule has 20 heavy (non-hydrogen) atoms. The molecule has 0 radical (unpaired) electrons. The van der Waals surface area contributed by atoms with Crippen LogP contribution < -0.4 is 5.32 Å². The van der Waals surface area contributed by atoms with E-state index < -0.39 is 29.1 Å². The lowest BCUT2D eigenvalue weighted by Crippen LogP contribution is -2.07. The Kier molecular flexibility index (Phi) is 3.83. The summed E-state index contributed by atoms with van der Waals surface area (Å²) in [7, 11) is 1.16. The Bertz CT molecular complexity index is 664. The van der Waals surface area contributed by atoms with E-state index in [1.54, 1.807) is 0 Å². The number of nitrogens with zero attached hydrogens (tertiary/aromatic N) is 2. The summed E-state index contributed by atoms with van der Waals surface area (Å²) < 4.78 is 43.9. The molecule has 0 amide bonds. The molecule has 0 saturated carbocycles. The minimum absolute atomic E-state index is 0.0585. The van der Waals surface area contributed by atoms with Crippen molar-refractivity contribution in [3.05, 3.63) is 47.7 Å². The molecule has 0 bridgehead atoms. The van der Waals surface area contributed by atoms with Gasteiger partial charge in [0.15, 0.2) is 17.3 Å². The van der Waals surface area contributed by atoms with Crippen LogP contribution in [0.2, 0.25) is 0 Å². The molecule has 0 aliphatic carbocycles. The molecule has 1 N–H and O–H groups in total. The molecule has 1 heterocycles. The summed E-state index contributed by atoms with van der Waals surface area (Å²) in [4.78, 5) is 18.7. The highest BCUT2D eigenvalue weighted by molar-refractivity contribution is 5.87. The monoisotopic (exact) mass is 283 g/mol. The van der Waals surface area contributed by atoms with Crippen molar-refractivity contribution in [1.82, 2.24) is 9.97 Å². The van der Waals surface area contributed by atoms with E-state index >= 15 is 0 Å². The predicted molar refractivity (Wildman–Crippen MR) is 63.0 cm³/mol. The van der Waals surface area contributed by atoms with Crippen molar-refractivity contribution in [3.8, 4) is 0 Å². The Morgan fingerprint density at radius 1 is 1.25 bits per heavy atom. The summed E-state index contributed by atoms with van der Waals surface area (Å²) in [6.07, 6.45) is 2.30. The van der Waals surface area contributed by atoms with Crippen LogP contribution in [0.1, 0.15) is 10.5 Å². The predicted octanol–water partition coefficient (Wildman–Crippen LogP) is 2.42. The normalized spacial score (nSPS) is 10.2. The topological polar surface area (TPSA) is 64.1 Å². The highest BCUT2D eigenvalue weighted by Gasteiger charge is 2.13. The van der Waals surface area contributed by atoms with Gasteiger partial charge in [-0.2, -0.15) is 0 Å². The van der Waals surface area contributed by atoms with Crippen LogP contribution in [0.25, 0.3) is 0 Å². The molecule has 0 saturated heterocycles. The second kappa shape index (κ2) is 5.55. The number of benzene rings is 1. The average Bonchev–Trinajstić information content (AvgIpc) is 2.43. The maximum Gasteiger partial charge on any atom is 0.358 e. The fraction of sp³-hybridized carbons (Fsp3) is 0.0833. The van der Waals surface area contributed by atoms with Gasteiger partial charge in [-0.15, -0.1) is 0 Å². The van der Waals surface area contributed by atoms with E-state index in [-0.39, 0.29) is 11.5 Å². The van der Waals surface area contributed by atoms with Gasteiger partial charge >= 0.3 is 5.97 Å². The summed E-state index contributed by atoms with van der Waals surface area (Å²) in [5, 5.41) is 2.34. The van der Waals surface area contributed by atoms with Gasteiger partial charge in [-0.25, -0.2) is 22.9 Å². The molecule has 1 aromatic heterocycles. The van der Waals surface area contributed by atoms with Crippen molar-refractivity contribution >= 4 is 17.5 Å². The summed E-state index contributed by atoms with van der Waals surface area (Å²) in [5.41, 5.74) is -0.589. The van der Waals surface area contributed by atoms with Crippen molar-refractivity contribution in [2.24, 2.45) is 0 Å². The van der Waals surface area contributed by atoms with Gasteiger partial charge in [0, 0.05) is 12.1 Å². The first-order valence-electron chi connectivity index (χ1n) is 5.33. The van der Waals surface area contributed by atoms with Crippen LogP contribution in [0.3, 0.4) is 0 Å². The lowest BCUT2D eigenvalue weighted by molar-refractivity contribution is 0.0593. The number of anilines is 2. The first kappa shape index (κ1) is 13.8. The lowest BCUT2D eigenvalue weighted by Gasteiger charge is -2.08. The van der Waals surface area contributed by atoms with Crippen LogP contribution in [-0.2, 0) is 4.74 Å². The van der Waals surface area contributed by atoms with Crippen LogP contribution >= 0.6 is 0 Å². The number of rotatable bonds is 3. The van der Waals surface area contributed by atoms with E-state index in [1.165, 1.54) is 0 Å². The van der Waals surface area contributed by atoms with E-state index in [4.69, 9.17) is 0 Å².